The lowest BCUT2D eigenvalue weighted by molar-refractivity contribution is 0.102. The van der Waals surface area contributed by atoms with E-state index in [0.29, 0.717) is 46.6 Å². The Labute approximate surface area is 187 Å². The molecule has 0 aliphatic heterocycles. The third-order valence-corrected chi connectivity index (χ3v) is 4.71. The molecule has 32 heavy (non-hydrogen) atoms. The van der Waals surface area contributed by atoms with E-state index in [-0.39, 0.29) is 12.5 Å². The maximum absolute atomic E-state index is 12.9. The van der Waals surface area contributed by atoms with Gasteiger partial charge in [0, 0.05) is 23.3 Å². The molecule has 0 spiro atoms. The summed E-state index contributed by atoms with van der Waals surface area (Å²) in [5, 5.41) is 2.88. The summed E-state index contributed by atoms with van der Waals surface area (Å²) in [6.07, 6.45) is 0. The summed E-state index contributed by atoms with van der Waals surface area (Å²) in [5.41, 5.74) is 1.76. The number of rotatable bonds is 10. The van der Waals surface area contributed by atoms with E-state index in [4.69, 9.17) is 23.7 Å². The molecule has 1 N–H and O–H groups in total. The van der Waals surface area contributed by atoms with Crippen molar-refractivity contribution in [1.82, 2.24) is 0 Å². The molecule has 7 heteroatoms. The highest BCUT2D eigenvalue weighted by atomic mass is 16.5. The minimum atomic E-state index is -0.279. The Balaban J connectivity index is 1.80. The molecule has 0 aliphatic rings. The number of amides is 1. The summed E-state index contributed by atoms with van der Waals surface area (Å²) in [5.74, 6) is 2.88. The summed E-state index contributed by atoms with van der Waals surface area (Å²) in [7, 11) is 4.71. The maximum atomic E-state index is 12.9. The van der Waals surface area contributed by atoms with E-state index >= 15 is 0 Å². The minimum absolute atomic E-state index is 0.232. The van der Waals surface area contributed by atoms with Crippen LogP contribution in [0.5, 0.6) is 28.7 Å². The van der Waals surface area contributed by atoms with Crippen LogP contribution in [0.4, 0.5) is 5.69 Å². The van der Waals surface area contributed by atoms with Crippen LogP contribution in [0.25, 0.3) is 0 Å². The first-order chi connectivity index (χ1) is 15.6. The van der Waals surface area contributed by atoms with Gasteiger partial charge in [-0.25, -0.2) is 0 Å². The Hall–Kier alpha value is -3.87. The third-order valence-electron chi connectivity index (χ3n) is 4.71. The quantitative estimate of drug-likeness (QED) is 0.484. The van der Waals surface area contributed by atoms with E-state index in [9.17, 15) is 4.79 Å². The van der Waals surface area contributed by atoms with Crippen molar-refractivity contribution in [2.24, 2.45) is 0 Å². The number of nitrogens with one attached hydrogen (secondary N) is 1. The maximum Gasteiger partial charge on any atom is 0.255 e. The zero-order valence-corrected chi connectivity index (χ0v) is 18.6. The summed E-state index contributed by atoms with van der Waals surface area (Å²) in [6.45, 7) is 2.64. The average molecular weight is 437 g/mol. The predicted octanol–water partition coefficient (Wildman–Crippen LogP) is 4.94. The van der Waals surface area contributed by atoms with Crippen LogP contribution in [0.15, 0.2) is 60.7 Å². The summed E-state index contributed by atoms with van der Waals surface area (Å²) in [6, 6.07) is 17.8. The number of benzene rings is 3. The predicted molar refractivity (Wildman–Crippen MR) is 122 cm³/mol. The Morgan fingerprint density at radius 2 is 1.53 bits per heavy atom. The number of hydrogen-bond donors (Lipinski definition) is 1. The van der Waals surface area contributed by atoms with Gasteiger partial charge in [0.05, 0.1) is 33.6 Å². The summed E-state index contributed by atoms with van der Waals surface area (Å²) >= 11 is 0. The van der Waals surface area contributed by atoms with Gasteiger partial charge in [0.25, 0.3) is 5.91 Å². The second-order valence-electron chi connectivity index (χ2n) is 6.74. The highest BCUT2D eigenvalue weighted by Crippen LogP contribution is 2.30. The zero-order chi connectivity index (χ0) is 22.9. The molecule has 0 saturated heterocycles. The highest BCUT2D eigenvalue weighted by Gasteiger charge is 2.14. The first-order valence-corrected chi connectivity index (χ1v) is 10.1. The third kappa shape index (κ3) is 5.63. The normalized spacial score (nSPS) is 10.2. The van der Waals surface area contributed by atoms with Gasteiger partial charge in [-0.05, 0) is 49.4 Å². The van der Waals surface area contributed by atoms with Crippen molar-refractivity contribution < 1.29 is 28.5 Å². The van der Waals surface area contributed by atoms with Gasteiger partial charge in [-0.1, -0.05) is 6.07 Å². The number of methoxy groups -OCH3 is 3. The average Bonchev–Trinajstić information content (AvgIpc) is 2.83. The van der Waals surface area contributed by atoms with Gasteiger partial charge < -0.3 is 29.0 Å². The molecule has 0 unspecified atom stereocenters. The van der Waals surface area contributed by atoms with Crippen LogP contribution in [-0.2, 0) is 6.61 Å². The minimum Gasteiger partial charge on any atom is -0.497 e. The Morgan fingerprint density at radius 3 is 2.25 bits per heavy atom. The molecule has 0 atom stereocenters. The molecule has 0 aromatic heterocycles. The lowest BCUT2D eigenvalue weighted by Crippen LogP contribution is -2.14. The topological polar surface area (TPSA) is 75.3 Å². The molecule has 3 rings (SSSR count). The molecule has 0 aliphatic carbocycles. The summed E-state index contributed by atoms with van der Waals surface area (Å²) < 4.78 is 27.4. The van der Waals surface area contributed by atoms with Crippen LogP contribution in [0.2, 0.25) is 0 Å². The van der Waals surface area contributed by atoms with Gasteiger partial charge in [-0.3, -0.25) is 4.79 Å². The van der Waals surface area contributed by atoms with E-state index in [1.54, 1.807) is 56.7 Å². The second-order valence-corrected chi connectivity index (χ2v) is 6.74. The molecule has 168 valence electrons. The van der Waals surface area contributed by atoms with Gasteiger partial charge in [-0.15, -0.1) is 0 Å². The molecule has 3 aromatic carbocycles. The molecule has 0 saturated carbocycles. The lowest BCUT2D eigenvalue weighted by Gasteiger charge is -2.15. The van der Waals surface area contributed by atoms with Crippen molar-refractivity contribution in [1.29, 1.82) is 0 Å². The van der Waals surface area contributed by atoms with E-state index < -0.39 is 0 Å². The molecular weight excluding hydrogens is 410 g/mol. The van der Waals surface area contributed by atoms with E-state index in [0.717, 1.165) is 5.56 Å². The van der Waals surface area contributed by atoms with Crippen LogP contribution < -0.4 is 29.0 Å². The van der Waals surface area contributed by atoms with Gasteiger partial charge >= 0.3 is 0 Å². The fourth-order valence-electron chi connectivity index (χ4n) is 3.08. The van der Waals surface area contributed by atoms with Crippen molar-refractivity contribution in [3.63, 3.8) is 0 Å². The van der Waals surface area contributed by atoms with Crippen molar-refractivity contribution >= 4 is 11.6 Å². The largest absolute Gasteiger partial charge is 0.497 e. The summed E-state index contributed by atoms with van der Waals surface area (Å²) in [4.78, 5) is 12.9. The van der Waals surface area contributed by atoms with Crippen LogP contribution in [0.1, 0.15) is 22.8 Å². The van der Waals surface area contributed by atoms with Crippen molar-refractivity contribution in [3.8, 4) is 28.7 Å². The van der Waals surface area contributed by atoms with Crippen LogP contribution in [0.3, 0.4) is 0 Å². The Morgan fingerprint density at radius 1 is 0.781 bits per heavy atom. The second kappa shape index (κ2) is 10.9. The molecule has 3 aromatic rings. The number of hydrogen-bond acceptors (Lipinski definition) is 6. The number of carbonyl (C=O) groups excluding carboxylic acids is 1. The fourth-order valence-corrected chi connectivity index (χ4v) is 3.08. The number of anilines is 1. The first-order valence-electron chi connectivity index (χ1n) is 10.1. The van der Waals surface area contributed by atoms with Gasteiger partial charge in [0.1, 0.15) is 35.4 Å². The lowest BCUT2D eigenvalue weighted by atomic mass is 10.1. The molecule has 0 radical (unpaired) electrons. The van der Waals surface area contributed by atoms with Gasteiger partial charge in [0.2, 0.25) is 0 Å². The standard InChI is InChI=1S/C25H27NO6/c1-5-31-23-12-9-17(13-18(23)16-32-21-8-6-7-19(14-21)28-2)25(27)26-22-11-10-20(29-3)15-24(22)30-4/h6-15H,5,16H2,1-4H3,(H,26,27). The Bertz CT molecular complexity index is 1070. The zero-order valence-electron chi connectivity index (χ0n) is 18.6. The molecular formula is C25H27NO6. The van der Waals surface area contributed by atoms with Crippen LogP contribution in [0, 0.1) is 0 Å². The monoisotopic (exact) mass is 437 g/mol. The van der Waals surface area contributed by atoms with Crippen molar-refractivity contribution in [3.05, 3.63) is 71.8 Å². The SMILES string of the molecule is CCOc1ccc(C(=O)Nc2ccc(OC)cc2OC)cc1COc1cccc(OC)c1. The fraction of sp³-hybridized carbons (Fsp3) is 0.240. The highest BCUT2D eigenvalue weighted by molar-refractivity contribution is 6.05. The first kappa shape index (κ1) is 22.8. The molecule has 7 nitrogen and oxygen atoms in total. The van der Waals surface area contributed by atoms with E-state index in [1.165, 1.54) is 7.11 Å². The van der Waals surface area contributed by atoms with Gasteiger partial charge in [0.15, 0.2) is 0 Å². The van der Waals surface area contributed by atoms with Crippen LogP contribution >= 0.6 is 0 Å². The smallest absolute Gasteiger partial charge is 0.255 e. The van der Waals surface area contributed by atoms with E-state index in [1.807, 2.05) is 25.1 Å². The number of ether oxygens (including phenoxy) is 5. The molecule has 1 amide bonds. The molecule has 0 heterocycles. The molecule has 0 fully saturated rings. The van der Waals surface area contributed by atoms with Crippen molar-refractivity contribution in [2.45, 2.75) is 13.5 Å². The Kier molecular flexibility index (Phi) is 7.80. The van der Waals surface area contributed by atoms with Gasteiger partial charge in [-0.2, -0.15) is 0 Å². The van der Waals surface area contributed by atoms with E-state index in [2.05, 4.69) is 5.32 Å². The van der Waals surface area contributed by atoms with Crippen LogP contribution in [-0.4, -0.2) is 33.8 Å². The number of carbonyl (C=O) groups is 1. The molecule has 0 bridgehead atoms. The van der Waals surface area contributed by atoms with Crippen molar-refractivity contribution in [2.75, 3.05) is 33.3 Å².